The Hall–Kier alpha value is -1.69. The smallest absolute Gasteiger partial charge is 0.338 e. The molecule has 3 fully saturated rings. The number of Topliss-reactive ketones (excluding diaryl/α,β-unsaturated/α-hetero) is 1. The van der Waals surface area contributed by atoms with Crippen LogP contribution in [0.2, 0.25) is 0 Å². The van der Waals surface area contributed by atoms with Crippen molar-refractivity contribution in [2.75, 3.05) is 0 Å². The zero-order valence-corrected chi connectivity index (χ0v) is 20.8. The quantitative estimate of drug-likeness (QED) is 0.575. The van der Waals surface area contributed by atoms with E-state index in [9.17, 15) is 14.7 Å². The van der Waals surface area contributed by atoms with Crippen LogP contribution in [0.25, 0.3) is 0 Å². The number of aromatic carboxylic acids is 1. The molecule has 3 aliphatic carbocycles. The largest absolute Gasteiger partial charge is 0.478 e. The standard InChI is InChI=1S/C27H42N2O4/c1-5-6-19-20(25(2)11-13-26(3,33)14-12-25)9-10-27(4)21(19)7-8-22(27)23(30)17-29-16-18(15-28-29)24(31)32/h15-16,19-22,33H,5-14,17H2,1-4H3,(H,31,32)/t19-,20+,21+,22-,25-,26+,27+/m1/s1. The summed E-state index contributed by atoms with van der Waals surface area (Å²) in [5.41, 5.74) is -0.0806. The molecule has 2 N–H and O–H groups in total. The van der Waals surface area contributed by atoms with Gasteiger partial charge in [-0.1, -0.05) is 33.6 Å². The van der Waals surface area contributed by atoms with Crippen LogP contribution in [0.3, 0.4) is 0 Å². The van der Waals surface area contributed by atoms with Crippen LogP contribution < -0.4 is 0 Å². The van der Waals surface area contributed by atoms with E-state index in [1.165, 1.54) is 36.3 Å². The molecule has 184 valence electrons. The van der Waals surface area contributed by atoms with Crippen LogP contribution in [-0.4, -0.2) is 37.3 Å². The van der Waals surface area contributed by atoms with Crippen LogP contribution in [0, 0.1) is 34.5 Å². The van der Waals surface area contributed by atoms with Gasteiger partial charge >= 0.3 is 5.97 Å². The molecule has 33 heavy (non-hydrogen) atoms. The van der Waals surface area contributed by atoms with Gasteiger partial charge in [0.2, 0.25) is 0 Å². The van der Waals surface area contributed by atoms with Crippen molar-refractivity contribution in [3.05, 3.63) is 18.0 Å². The third kappa shape index (κ3) is 4.52. The Balaban J connectivity index is 1.51. The summed E-state index contributed by atoms with van der Waals surface area (Å²) in [6.07, 6.45) is 13.5. The number of fused-ring (bicyclic) bond motifs is 1. The molecule has 0 saturated heterocycles. The third-order valence-electron chi connectivity index (χ3n) is 10.0. The molecule has 0 aliphatic heterocycles. The van der Waals surface area contributed by atoms with E-state index in [0.717, 1.165) is 44.9 Å². The minimum absolute atomic E-state index is 0.0206. The molecule has 0 aromatic carbocycles. The van der Waals surface area contributed by atoms with Crippen molar-refractivity contribution in [3.8, 4) is 0 Å². The van der Waals surface area contributed by atoms with Crippen LogP contribution in [0.1, 0.15) is 102 Å². The van der Waals surface area contributed by atoms with Gasteiger partial charge in [-0.05, 0) is 86.9 Å². The van der Waals surface area contributed by atoms with Gasteiger partial charge in [0.1, 0.15) is 0 Å². The second kappa shape index (κ2) is 8.83. The Kier molecular flexibility index (Phi) is 6.54. The van der Waals surface area contributed by atoms with E-state index in [1.54, 1.807) is 0 Å². The average Bonchev–Trinajstić information content (AvgIpc) is 3.35. The first-order valence-electron chi connectivity index (χ1n) is 13.0. The molecular weight excluding hydrogens is 416 g/mol. The Bertz CT molecular complexity index is 880. The Morgan fingerprint density at radius 3 is 2.36 bits per heavy atom. The first-order valence-corrected chi connectivity index (χ1v) is 13.0. The van der Waals surface area contributed by atoms with Crippen molar-refractivity contribution in [1.82, 2.24) is 9.78 Å². The fourth-order valence-electron chi connectivity index (χ4n) is 7.98. The Morgan fingerprint density at radius 1 is 1.06 bits per heavy atom. The summed E-state index contributed by atoms with van der Waals surface area (Å²) in [5, 5.41) is 23.8. The van der Waals surface area contributed by atoms with Gasteiger partial charge in [0, 0.05) is 12.1 Å². The van der Waals surface area contributed by atoms with Crippen LogP contribution >= 0.6 is 0 Å². The van der Waals surface area contributed by atoms with Gasteiger partial charge in [0.05, 0.1) is 23.9 Å². The number of hydrogen-bond acceptors (Lipinski definition) is 4. The summed E-state index contributed by atoms with van der Waals surface area (Å²) >= 11 is 0. The van der Waals surface area contributed by atoms with Crippen molar-refractivity contribution >= 4 is 11.8 Å². The zero-order valence-electron chi connectivity index (χ0n) is 20.8. The number of carboxylic acids is 1. The molecule has 0 spiro atoms. The van der Waals surface area contributed by atoms with Gasteiger partial charge in [-0.25, -0.2) is 4.79 Å². The molecule has 5 atom stereocenters. The van der Waals surface area contributed by atoms with E-state index in [0.29, 0.717) is 17.8 Å². The lowest BCUT2D eigenvalue weighted by atomic mass is 9.49. The zero-order chi connectivity index (χ0) is 24.0. The highest BCUT2D eigenvalue weighted by molar-refractivity contribution is 5.87. The second-order valence-corrected chi connectivity index (χ2v) is 12.2. The molecular formula is C27H42N2O4. The van der Waals surface area contributed by atoms with Crippen LogP contribution in [0.5, 0.6) is 0 Å². The summed E-state index contributed by atoms with van der Waals surface area (Å²) in [5.74, 6) is 1.10. The molecule has 0 radical (unpaired) electrons. The summed E-state index contributed by atoms with van der Waals surface area (Å²) in [6.45, 7) is 9.25. The lowest BCUT2D eigenvalue weighted by Crippen LogP contribution is -2.50. The number of carbonyl (C=O) groups excluding carboxylic acids is 1. The third-order valence-corrected chi connectivity index (χ3v) is 10.0. The normalized spacial score (nSPS) is 41.0. The van der Waals surface area contributed by atoms with Gasteiger partial charge in [0.15, 0.2) is 5.78 Å². The molecule has 3 saturated carbocycles. The van der Waals surface area contributed by atoms with Gasteiger partial charge in [-0.15, -0.1) is 0 Å². The molecule has 6 heteroatoms. The maximum atomic E-state index is 13.4. The summed E-state index contributed by atoms with van der Waals surface area (Å²) in [7, 11) is 0. The summed E-state index contributed by atoms with van der Waals surface area (Å²) < 4.78 is 1.49. The Labute approximate surface area is 198 Å². The minimum atomic E-state index is -1.01. The van der Waals surface area contributed by atoms with Crippen LogP contribution in [0.15, 0.2) is 12.4 Å². The fourth-order valence-corrected chi connectivity index (χ4v) is 7.98. The van der Waals surface area contributed by atoms with Crippen molar-refractivity contribution in [1.29, 1.82) is 0 Å². The number of ketones is 1. The van der Waals surface area contributed by atoms with Crippen molar-refractivity contribution in [2.24, 2.45) is 34.5 Å². The number of hydrogen-bond donors (Lipinski definition) is 2. The van der Waals surface area contributed by atoms with E-state index in [2.05, 4.69) is 25.9 Å². The maximum Gasteiger partial charge on any atom is 0.338 e. The predicted octanol–water partition coefficient (Wildman–Crippen LogP) is 5.34. The van der Waals surface area contributed by atoms with Crippen LogP contribution in [0.4, 0.5) is 0 Å². The highest BCUT2D eigenvalue weighted by Crippen LogP contribution is 2.64. The number of carboxylic acid groups (broad SMARTS) is 1. The lowest BCUT2D eigenvalue weighted by Gasteiger charge is -2.56. The predicted molar refractivity (Wildman–Crippen MR) is 127 cm³/mol. The first-order chi connectivity index (χ1) is 15.5. The highest BCUT2D eigenvalue weighted by atomic mass is 16.4. The molecule has 1 aromatic rings. The van der Waals surface area contributed by atoms with E-state index in [4.69, 9.17) is 5.11 Å². The Morgan fingerprint density at radius 2 is 1.76 bits per heavy atom. The van der Waals surface area contributed by atoms with E-state index in [1.807, 2.05) is 6.92 Å². The molecule has 0 unspecified atom stereocenters. The van der Waals surface area contributed by atoms with Gasteiger partial charge in [-0.2, -0.15) is 5.10 Å². The van der Waals surface area contributed by atoms with Gasteiger partial charge < -0.3 is 10.2 Å². The van der Waals surface area contributed by atoms with Crippen molar-refractivity contribution in [2.45, 2.75) is 104 Å². The first kappa shape index (κ1) is 24.4. The molecule has 0 amide bonds. The number of carbonyl (C=O) groups is 2. The van der Waals surface area contributed by atoms with E-state index >= 15 is 0 Å². The van der Waals surface area contributed by atoms with E-state index < -0.39 is 11.6 Å². The minimum Gasteiger partial charge on any atom is -0.478 e. The highest BCUT2D eigenvalue weighted by Gasteiger charge is 2.58. The van der Waals surface area contributed by atoms with Crippen molar-refractivity contribution in [3.63, 3.8) is 0 Å². The number of nitrogens with zero attached hydrogens (tertiary/aromatic N) is 2. The topological polar surface area (TPSA) is 92.4 Å². The molecule has 6 nitrogen and oxygen atoms in total. The molecule has 0 bridgehead atoms. The van der Waals surface area contributed by atoms with Gasteiger partial charge in [-0.3, -0.25) is 9.48 Å². The summed E-state index contributed by atoms with van der Waals surface area (Å²) in [4.78, 5) is 24.6. The van der Waals surface area contributed by atoms with Crippen LogP contribution in [-0.2, 0) is 11.3 Å². The maximum absolute atomic E-state index is 13.4. The monoisotopic (exact) mass is 458 g/mol. The SMILES string of the molecule is CCC[C@H]1[C@@H]2CC[C@H](C(=O)Cn3cc(C(=O)O)cn3)[C@@]2(C)CC[C@@H]1[C@]1(C)CC[C@](C)(O)CC1. The molecule has 3 aliphatic rings. The molecule has 1 aromatic heterocycles. The van der Waals surface area contributed by atoms with Crippen molar-refractivity contribution < 1.29 is 19.8 Å². The summed E-state index contributed by atoms with van der Waals surface area (Å²) in [6, 6.07) is 0. The lowest BCUT2D eigenvalue weighted by molar-refractivity contribution is -0.131. The number of rotatable bonds is 7. The van der Waals surface area contributed by atoms with Gasteiger partial charge in [0.25, 0.3) is 0 Å². The average molecular weight is 459 g/mol. The fraction of sp³-hybridized carbons (Fsp3) is 0.815. The number of aromatic nitrogens is 2. The number of aliphatic hydroxyl groups is 1. The second-order valence-electron chi connectivity index (χ2n) is 12.2. The molecule has 1 heterocycles. The van der Waals surface area contributed by atoms with E-state index in [-0.39, 0.29) is 34.6 Å². The molecule has 4 rings (SSSR count).